The minimum absolute atomic E-state index is 0.0620. The number of nitrogens with one attached hydrogen (secondary N) is 1. The van der Waals surface area contributed by atoms with Crippen molar-refractivity contribution in [2.75, 3.05) is 6.54 Å². The number of nitrogens with zero attached hydrogens (tertiary/aromatic N) is 2. The first-order chi connectivity index (χ1) is 10.2. The molecule has 2 saturated carbocycles. The Morgan fingerprint density at radius 2 is 2.29 bits per heavy atom. The van der Waals surface area contributed by atoms with Crippen LogP contribution in [0.4, 0.5) is 5.82 Å². The summed E-state index contributed by atoms with van der Waals surface area (Å²) < 4.78 is 6.01. The second-order valence-electron chi connectivity index (χ2n) is 5.97. The van der Waals surface area contributed by atoms with Crippen LogP contribution in [0.15, 0.2) is 18.3 Å². The zero-order chi connectivity index (χ0) is 14.9. The second-order valence-corrected chi connectivity index (χ2v) is 5.97. The summed E-state index contributed by atoms with van der Waals surface area (Å²) in [6.45, 7) is 3.06. The molecule has 0 bridgehead atoms. The zero-order valence-electron chi connectivity index (χ0n) is 12.2. The highest BCUT2D eigenvalue weighted by Crippen LogP contribution is 2.55. The van der Waals surface area contributed by atoms with Crippen LogP contribution in [0.3, 0.4) is 0 Å². The molecule has 0 aromatic carbocycles. The van der Waals surface area contributed by atoms with Gasteiger partial charge in [0.15, 0.2) is 0 Å². The molecule has 114 valence electrons. The number of nitro groups is 1. The van der Waals surface area contributed by atoms with Gasteiger partial charge in [-0.15, -0.1) is 0 Å². The third kappa shape index (κ3) is 2.37. The predicted molar refractivity (Wildman–Crippen MR) is 78.3 cm³/mol. The number of hydrogen-bond donors (Lipinski definition) is 1. The van der Waals surface area contributed by atoms with Crippen molar-refractivity contribution < 1.29 is 9.66 Å². The van der Waals surface area contributed by atoms with Gasteiger partial charge in [0, 0.05) is 17.9 Å². The highest BCUT2D eigenvalue weighted by Gasteiger charge is 2.57. The van der Waals surface area contributed by atoms with Crippen molar-refractivity contribution in [3.63, 3.8) is 0 Å². The highest BCUT2D eigenvalue weighted by atomic mass is 16.6. The average Bonchev–Trinajstić information content (AvgIpc) is 2.99. The fourth-order valence-electron chi connectivity index (χ4n) is 3.91. The van der Waals surface area contributed by atoms with E-state index in [1.807, 2.05) is 0 Å². The SMILES string of the molecule is CCNC1CC(Oc2cccnc2[N+](=O)[O-])C12CCCC2. The van der Waals surface area contributed by atoms with Gasteiger partial charge in [0.1, 0.15) is 12.3 Å². The van der Waals surface area contributed by atoms with E-state index in [-0.39, 0.29) is 17.3 Å². The normalized spacial score (nSPS) is 26.5. The molecule has 2 aliphatic carbocycles. The van der Waals surface area contributed by atoms with Gasteiger partial charge in [-0.25, -0.2) is 0 Å². The van der Waals surface area contributed by atoms with Gasteiger partial charge in [0.05, 0.1) is 0 Å². The maximum atomic E-state index is 11.0. The van der Waals surface area contributed by atoms with E-state index in [1.165, 1.54) is 19.0 Å². The molecule has 6 heteroatoms. The summed E-state index contributed by atoms with van der Waals surface area (Å²) in [6, 6.07) is 3.81. The predicted octanol–water partition coefficient (Wildman–Crippen LogP) is 2.68. The second kappa shape index (κ2) is 5.60. The molecular formula is C15H21N3O3. The van der Waals surface area contributed by atoms with E-state index >= 15 is 0 Å². The Balaban J connectivity index is 1.78. The lowest BCUT2D eigenvalue weighted by Gasteiger charge is -2.53. The highest BCUT2D eigenvalue weighted by molar-refractivity contribution is 5.39. The van der Waals surface area contributed by atoms with Crippen molar-refractivity contribution in [2.45, 2.75) is 51.2 Å². The number of hydrogen-bond acceptors (Lipinski definition) is 5. The number of ether oxygens (including phenoxy) is 1. The Morgan fingerprint density at radius 3 is 2.95 bits per heavy atom. The molecule has 1 N–H and O–H groups in total. The average molecular weight is 291 g/mol. The van der Waals surface area contributed by atoms with E-state index in [2.05, 4.69) is 17.2 Å². The fourth-order valence-corrected chi connectivity index (χ4v) is 3.91. The van der Waals surface area contributed by atoms with Crippen LogP contribution in [0, 0.1) is 15.5 Å². The van der Waals surface area contributed by atoms with E-state index < -0.39 is 4.92 Å². The lowest BCUT2D eigenvalue weighted by atomic mass is 9.60. The topological polar surface area (TPSA) is 77.3 Å². The number of aromatic nitrogens is 1. The molecule has 2 fully saturated rings. The van der Waals surface area contributed by atoms with Crippen molar-refractivity contribution in [2.24, 2.45) is 5.41 Å². The summed E-state index contributed by atoms with van der Waals surface area (Å²) in [7, 11) is 0. The van der Waals surface area contributed by atoms with Crippen molar-refractivity contribution in [1.82, 2.24) is 10.3 Å². The van der Waals surface area contributed by atoms with Crippen LogP contribution in [-0.2, 0) is 0 Å². The van der Waals surface area contributed by atoms with Crippen LogP contribution in [0.2, 0.25) is 0 Å². The Labute approximate surface area is 124 Å². The van der Waals surface area contributed by atoms with Crippen molar-refractivity contribution in [3.05, 3.63) is 28.4 Å². The Bertz CT molecular complexity index is 529. The lowest BCUT2D eigenvalue weighted by Crippen LogP contribution is -2.63. The molecule has 1 aromatic heterocycles. The van der Waals surface area contributed by atoms with Crippen LogP contribution >= 0.6 is 0 Å². The molecule has 0 radical (unpaired) electrons. The third-order valence-corrected chi connectivity index (χ3v) is 4.96. The lowest BCUT2D eigenvalue weighted by molar-refractivity contribution is -0.391. The van der Waals surface area contributed by atoms with E-state index in [1.54, 1.807) is 12.1 Å². The molecule has 0 amide bonds. The van der Waals surface area contributed by atoms with Gasteiger partial charge >= 0.3 is 5.82 Å². The standard InChI is InChI=1S/C15H21N3O3/c1-2-16-12-10-13(15(12)7-3-4-8-15)21-11-6-5-9-17-14(11)18(19)20/h5-6,9,12-13,16H,2-4,7-8,10H2,1H3. The molecule has 2 aliphatic rings. The van der Waals surface area contributed by atoms with Crippen LogP contribution < -0.4 is 10.1 Å². The monoisotopic (exact) mass is 291 g/mol. The van der Waals surface area contributed by atoms with E-state index in [0.29, 0.717) is 11.8 Å². The van der Waals surface area contributed by atoms with Gasteiger partial charge < -0.3 is 20.2 Å². The first kappa shape index (κ1) is 14.3. The van der Waals surface area contributed by atoms with E-state index in [9.17, 15) is 10.1 Å². The van der Waals surface area contributed by atoms with Crippen molar-refractivity contribution in [3.8, 4) is 5.75 Å². The Hall–Kier alpha value is -1.69. The quantitative estimate of drug-likeness (QED) is 0.666. The van der Waals surface area contributed by atoms with Crippen LogP contribution in [0.5, 0.6) is 5.75 Å². The molecule has 0 saturated heterocycles. The van der Waals surface area contributed by atoms with E-state index in [0.717, 1.165) is 25.8 Å². The zero-order valence-corrected chi connectivity index (χ0v) is 12.2. The van der Waals surface area contributed by atoms with Crippen LogP contribution in [0.25, 0.3) is 0 Å². The summed E-state index contributed by atoms with van der Waals surface area (Å²) in [5.41, 5.74) is 0.153. The first-order valence-corrected chi connectivity index (χ1v) is 7.67. The van der Waals surface area contributed by atoms with Gasteiger partial charge in [-0.2, -0.15) is 0 Å². The molecule has 6 nitrogen and oxygen atoms in total. The van der Waals surface area contributed by atoms with Gasteiger partial charge in [0.2, 0.25) is 5.75 Å². The van der Waals surface area contributed by atoms with Gasteiger partial charge in [-0.3, -0.25) is 0 Å². The fraction of sp³-hybridized carbons (Fsp3) is 0.667. The first-order valence-electron chi connectivity index (χ1n) is 7.67. The largest absolute Gasteiger partial charge is 0.482 e. The van der Waals surface area contributed by atoms with Crippen LogP contribution in [-0.4, -0.2) is 28.6 Å². The minimum atomic E-state index is -0.475. The van der Waals surface area contributed by atoms with Crippen molar-refractivity contribution in [1.29, 1.82) is 0 Å². The smallest absolute Gasteiger partial charge is 0.406 e. The summed E-state index contributed by atoms with van der Waals surface area (Å²) in [4.78, 5) is 14.4. The molecule has 21 heavy (non-hydrogen) atoms. The summed E-state index contributed by atoms with van der Waals surface area (Å²) >= 11 is 0. The van der Waals surface area contributed by atoms with Gasteiger partial charge in [0.25, 0.3) is 0 Å². The van der Waals surface area contributed by atoms with Crippen molar-refractivity contribution >= 4 is 5.82 Å². The molecule has 1 spiro atoms. The summed E-state index contributed by atoms with van der Waals surface area (Å²) in [5.74, 6) is 0.117. The van der Waals surface area contributed by atoms with Gasteiger partial charge in [-0.05, 0) is 41.4 Å². The Morgan fingerprint density at radius 1 is 1.52 bits per heavy atom. The molecule has 2 atom stereocenters. The molecule has 1 heterocycles. The molecule has 0 aliphatic heterocycles. The molecule has 2 unspecified atom stereocenters. The number of pyridine rings is 1. The summed E-state index contributed by atoms with van der Waals surface area (Å²) in [5, 5.41) is 14.6. The van der Waals surface area contributed by atoms with Crippen LogP contribution in [0.1, 0.15) is 39.0 Å². The molecular weight excluding hydrogens is 270 g/mol. The maximum Gasteiger partial charge on any atom is 0.406 e. The molecule has 3 rings (SSSR count). The van der Waals surface area contributed by atoms with Gasteiger partial charge in [-0.1, -0.05) is 19.8 Å². The summed E-state index contributed by atoms with van der Waals surface area (Å²) in [6.07, 6.45) is 7.13. The van der Waals surface area contributed by atoms with E-state index in [4.69, 9.17) is 4.74 Å². The number of rotatable bonds is 5. The maximum absolute atomic E-state index is 11.0. The molecule has 1 aromatic rings. The minimum Gasteiger partial charge on any atom is -0.482 e. The Kier molecular flexibility index (Phi) is 3.80. The third-order valence-electron chi connectivity index (χ3n) is 4.96.